The number of ether oxygens (including phenoxy) is 1. The minimum absolute atomic E-state index is 0.119. The van der Waals surface area contributed by atoms with Crippen LogP contribution in [0.15, 0.2) is 24.3 Å². The second-order valence-electron chi connectivity index (χ2n) is 6.16. The maximum Gasteiger partial charge on any atom is 0.118 e. The number of hydrogen-bond donors (Lipinski definition) is 2. The van der Waals surface area contributed by atoms with E-state index in [0.29, 0.717) is 17.9 Å². The van der Waals surface area contributed by atoms with Gasteiger partial charge in [-0.3, -0.25) is 0 Å². The summed E-state index contributed by atoms with van der Waals surface area (Å²) < 4.78 is 5.21. The molecule has 0 aromatic heterocycles. The molecule has 0 amide bonds. The second-order valence-corrected chi connectivity index (χ2v) is 6.16. The molecule has 112 valence electrons. The molecule has 2 rings (SSSR count). The summed E-state index contributed by atoms with van der Waals surface area (Å²) in [6.07, 6.45) is 3.14. The van der Waals surface area contributed by atoms with Crippen LogP contribution in [0.3, 0.4) is 0 Å². The predicted octanol–water partition coefficient (Wildman–Crippen LogP) is 3.14. The molecular formula is C17H27NO2. The van der Waals surface area contributed by atoms with Gasteiger partial charge in [0.15, 0.2) is 0 Å². The van der Waals surface area contributed by atoms with Crippen molar-refractivity contribution in [2.75, 3.05) is 13.7 Å². The molecule has 1 aliphatic rings. The highest BCUT2D eigenvalue weighted by atomic mass is 16.5. The lowest BCUT2D eigenvalue weighted by Crippen LogP contribution is -2.33. The van der Waals surface area contributed by atoms with E-state index >= 15 is 0 Å². The normalized spacial score (nSPS) is 24.1. The van der Waals surface area contributed by atoms with Crippen molar-refractivity contribution in [3.8, 4) is 5.75 Å². The van der Waals surface area contributed by atoms with E-state index in [2.05, 4.69) is 31.3 Å². The fourth-order valence-electron chi connectivity index (χ4n) is 3.08. The molecule has 0 spiro atoms. The number of aliphatic hydroxyl groups is 1. The number of rotatable bonds is 6. The standard InChI is InChI=1S/C17H27NO2/c1-12(2)17(13-7-9-15(20-3)10-8-13)18-11-14-5-4-6-16(14)19/h7-10,12,14,16-19H,4-6,11H2,1-3H3. The van der Waals surface area contributed by atoms with Crippen molar-refractivity contribution in [3.63, 3.8) is 0 Å². The Morgan fingerprint density at radius 2 is 1.95 bits per heavy atom. The molecule has 0 bridgehead atoms. The quantitative estimate of drug-likeness (QED) is 0.839. The highest BCUT2D eigenvalue weighted by Gasteiger charge is 2.26. The number of methoxy groups -OCH3 is 1. The molecule has 20 heavy (non-hydrogen) atoms. The fourth-order valence-corrected chi connectivity index (χ4v) is 3.08. The largest absolute Gasteiger partial charge is 0.497 e. The van der Waals surface area contributed by atoms with Crippen molar-refractivity contribution < 1.29 is 9.84 Å². The Balaban J connectivity index is 1.98. The van der Waals surface area contributed by atoms with Crippen LogP contribution >= 0.6 is 0 Å². The number of aliphatic hydroxyl groups excluding tert-OH is 1. The first kappa shape index (κ1) is 15.3. The number of benzene rings is 1. The summed E-state index contributed by atoms with van der Waals surface area (Å²) in [4.78, 5) is 0. The Bertz CT molecular complexity index is 402. The molecule has 0 radical (unpaired) electrons. The van der Waals surface area contributed by atoms with Crippen molar-refractivity contribution >= 4 is 0 Å². The molecule has 1 fully saturated rings. The molecule has 3 nitrogen and oxygen atoms in total. The third-order valence-corrected chi connectivity index (χ3v) is 4.36. The Morgan fingerprint density at radius 1 is 1.25 bits per heavy atom. The zero-order valence-electron chi connectivity index (χ0n) is 12.8. The van der Waals surface area contributed by atoms with Crippen molar-refractivity contribution in [1.29, 1.82) is 0 Å². The van der Waals surface area contributed by atoms with E-state index in [4.69, 9.17) is 4.74 Å². The van der Waals surface area contributed by atoms with Gasteiger partial charge in [0, 0.05) is 12.6 Å². The Kier molecular flexibility index (Phi) is 5.44. The zero-order chi connectivity index (χ0) is 14.5. The molecule has 3 atom stereocenters. The fraction of sp³-hybridized carbons (Fsp3) is 0.647. The van der Waals surface area contributed by atoms with Crippen molar-refractivity contribution in [2.45, 2.75) is 45.3 Å². The van der Waals surface area contributed by atoms with Crippen molar-refractivity contribution in [2.24, 2.45) is 11.8 Å². The highest BCUT2D eigenvalue weighted by Crippen LogP contribution is 2.28. The van der Waals surface area contributed by atoms with Gasteiger partial charge in [0.2, 0.25) is 0 Å². The topological polar surface area (TPSA) is 41.5 Å². The van der Waals surface area contributed by atoms with Gasteiger partial charge < -0.3 is 15.2 Å². The second kappa shape index (κ2) is 7.09. The Morgan fingerprint density at radius 3 is 2.45 bits per heavy atom. The summed E-state index contributed by atoms with van der Waals surface area (Å²) in [6.45, 7) is 5.36. The highest BCUT2D eigenvalue weighted by molar-refractivity contribution is 5.29. The maximum atomic E-state index is 9.92. The first-order chi connectivity index (χ1) is 9.61. The van der Waals surface area contributed by atoms with Gasteiger partial charge in [-0.1, -0.05) is 32.4 Å². The Labute approximate surface area is 122 Å². The van der Waals surface area contributed by atoms with Crippen molar-refractivity contribution in [3.05, 3.63) is 29.8 Å². The number of nitrogens with one attached hydrogen (secondary N) is 1. The maximum absolute atomic E-state index is 9.92. The molecule has 1 aromatic carbocycles. The van der Waals surface area contributed by atoms with E-state index in [1.807, 2.05) is 12.1 Å². The lowest BCUT2D eigenvalue weighted by molar-refractivity contribution is 0.128. The minimum atomic E-state index is -0.119. The van der Waals surface area contributed by atoms with Crippen LogP contribution in [-0.2, 0) is 0 Å². The molecule has 1 aromatic rings. The molecule has 2 N–H and O–H groups in total. The molecule has 1 aliphatic carbocycles. The van der Waals surface area contributed by atoms with Gasteiger partial charge in [-0.15, -0.1) is 0 Å². The average Bonchev–Trinajstić information content (AvgIpc) is 2.85. The molecule has 3 unspecified atom stereocenters. The average molecular weight is 277 g/mol. The van der Waals surface area contributed by atoms with Gasteiger partial charge >= 0.3 is 0 Å². The first-order valence-corrected chi connectivity index (χ1v) is 7.67. The third-order valence-electron chi connectivity index (χ3n) is 4.36. The monoisotopic (exact) mass is 277 g/mol. The molecule has 3 heteroatoms. The summed E-state index contributed by atoms with van der Waals surface area (Å²) in [5, 5.41) is 13.6. The Hall–Kier alpha value is -1.06. The van der Waals surface area contributed by atoms with Crippen molar-refractivity contribution in [1.82, 2.24) is 5.32 Å². The van der Waals surface area contributed by atoms with Crippen LogP contribution in [0.2, 0.25) is 0 Å². The molecular weight excluding hydrogens is 250 g/mol. The van der Waals surface area contributed by atoms with Crippen LogP contribution < -0.4 is 10.1 Å². The van der Waals surface area contributed by atoms with Crippen LogP contribution in [0.4, 0.5) is 0 Å². The van der Waals surface area contributed by atoms with Crippen LogP contribution in [0.25, 0.3) is 0 Å². The van der Waals surface area contributed by atoms with Gasteiger partial charge in [-0.05, 0) is 42.4 Å². The smallest absolute Gasteiger partial charge is 0.118 e. The van der Waals surface area contributed by atoms with Gasteiger partial charge in [-0.25, -0.2) is 0 Å². The predicted molar refractivity (Wildman–Crippen MR) is 81.9 cm³/mol. The van der Waals surface area contributed by atoms with Crippen LogP contribution in [-0.4, -0.2) is 24.9 Å². The molecule has 0 aliphatic heterocycles. The minimum Gasteiger partial charge on any atom is -0.497 e. The van der Waals surface area contributed by atoms with Gasteiger partial charge in [0.25, 0.3) is 0 Å². The first-order valence-electron chi connectivity index (χ1n) is 7.67. The lowest BCUT2D eigenvalue weighted by Gasteiger charge is -2.26. The van der Waals surface area contributed by atoms with Crippen LogP contribution in [0.5, 0.6) is 5.75 Å². The van der Waals surface area contributed by atoms with Gasteiger partial charge in [0.1, 0.15) is 5.75 Å². The summed E-state index contributed by atoms with van der Waals surface area (Å²) >= 11 is 0. The molecule has 0 heterocycles. The van der Waals surface area contributed by atoms with E-state index in [1.165, 1.54) is 5.56 Å². The summed E-state index contributed by atoms with van der Waals surface area (Å²) in [5.74, 6) is 1.82. The molecule has 0 saturated heterocycles. The molecule has 1 saturated carbocycles. The summed E-state index contributed by atoms with van der Waals surface area (Å²) in [7, 11) is 1.69. The van der Waals surface area contributed by atoms with Crippen LogP contribution in [0.1, 0.15) is 44.7 Å². The van der Waals surface area contributed by atoms with E-state index < -0.39 is 0 Å². The van der Waals surface area contributed by atoms with E-state index in [-0.39, 0.29) is 6.10 Å². The van der Waals surface area contributed by atoms with Gasteiger partial charge in [-0.2, -0.15) is 0 Å². The zero-order valence-corrected chi connectivity index (χ0v) is 12.8. The lowest BCUT2D eigenvalue weighted by atomic mass is 9.95. The SMILES string of the molecule is COc1ccc(C(NCC2CCCC2O)C(C)C)cc1. The van der Waals surface area contributed by atoms with Gasteiger partial charge in [0.05, 0.1) is 13.2 Å². The number of hydrogen-bond acceptors (Lipinski definition) is 3. The van der Waals surface area contributed by atoms with E-state index in [0.717, 1.165) is 31.6 Å². The van der Waals surface area contributed by atoms with Crippen LogP contribution in [0, 0.1) is 11.8 Å². The van der Waals surface area contributed by atoms with E-state index in [1.54, 1.807) is 7.11 Å². The summed E-state index contributed by atoms with van der Waals surface area (Å²) in [5.41, 5.74) is 1.29. The van der Waals surface area contributed by atoms with E-state index in [9.17, 15) is 5.11 Å². The third kappa shape index (κ3) is 3.74. The summed E-state index contributed by atoms with van der Waals surface area (Å²) in [6, 6.07) is 8.60.